The molecule has 1 atom stereocenters. The molecule has 0 aromatic heterocycles. The third kappa shape index (κ3) is 4.91. The molecule has 2 fully saturated rings. The summed E-state index contributed by atoms with van der Waals surface area (Å²) < 4.78 is 23.2. The van der Waals surface area contributed by atoms with Gasteiger partial charge in [0, 0.05) is 58.7 Å². The monoisotopic (exact) mass is 345 g/mol. The van der Waals surface area contributed by atoms with Crippen LogP contribution in [-0.2, 0) is 19.4 Å². The topological polar surface area (TPSA) is 78.0 Å². The van der Waals surface area contributed by atoms with Crippen LogP contribution in [-0.4, -0.2) is 91.7 Å². The quantitative estimate of drug-likeness (QED) is 0.676. The summed E-state index contributed by atoms with van der Waals surface area (Å²) in [6.45, 7) is 7.69. The number of nitrogens with zero attached hydrogens (tertiary/aromatic N) is 3. The lowest BCUT2D eigenvalue weighted by Gasteiger charge is -2.34. The highest BCUT2D eigenvalue weighted by Crippen LogP contribution is 2.18. The molecule has 2 aliphatic heterocycles. The van der Waals surface area contributed by atoms with Crippen LogP contribution in [0.3, 0.4) is 0 Å². The zero-order chi connectivity index (χ0) is 17.0. The number of carbonyl (C=O) groups excluding carboxylic acids is 2. The Bertz CT molecular complexity index is 541. The summed E-state index contributed by atoms with van der Waals surface area (Å²) in [6, 6.07) is -0.160. The van der Waals surface area contributed by atoms with Gasteiger partial charge in [0.1, 0.15) is 0 Å². The molecule has 2 saturated heterocycles. The molecule has 132 valence electrons. The summed E-state index contributed by atoms with van der Waals surface area (Å²) in [7, 11) is -2.98. The number of sulfone groups is 1. The Kier molecular flexibility index (Phi) is 6.02. The van der Waals surface area contributed by atoms with Gasteiger partial charge < -0.3 is 9.80 Å². The summed E-state index contributed by atoms with van der Waals surface area (Å²) in [5.74, 6) is 0.419. The molecule has 0 aliphatic carbocycles. The van der Waals surface area contributed by atoms with E-state index in [1.54, 1.807) is 11.8 Å². The maximum Gasteiger partial charge on any atom is 0.224 e. The van der Waals surface area contributed by atoms with Gasteiger partial charge in [-0.3, -0.25) is 14.5 Å². The largest absolute Gasteiger partial charge is 0.340 e. The van der Waals surface area contributed by atoms with Crippen molar-refractivity contribution in [1.29, 1.82) is 0 Å². The number of amides is 2. The molecule has 0 spiro atoms. The predicted octanol–water partition coefficient (Wildman–Crippen LogP) is -0.424. The molecule has 0 aromatic rings. The first-order valence-electron chi connectivity index (χ1n) is 8.30. The van der Waals surface area contributed by atoms with Crippen LogP contribution >= 0.6 is 0 Å². The molecule has 0 aromatic carbocycles. The first-order valence-corrected chi connectivity index (χ1v) is 10.1. The average molecular weight is 345 g/mol. The van der Waals surface area contributed by atoms with E-state index in [0.717, 1.165) is 13.1 Å². The van der Waals surface area contributed by atoms with E-state index in [1.165, 1.54) is 0 Å². The minimum atomic E-state index is -2.98. The van der Waals surface area contributed by atoms with Crippen LogP contribution in [0.25, 0.3) is 0 Å². The Morgan fingerprint density at radius 3 is 2.30 bits per heavy atom. The molecular formula is C15H27N3O4S. The Hall–Kier alpha value is -1.15. The summed E-state index contributed by atoms with van der Waals surface area (Å²) >= 11 is 0. The first-order chi connectivity index (χ1) is 10.8. The van der Waals surface area contributed by atoms with Crippen LogP contribution < -0.4 is 0 Å². The van der Waals surface area contributed by atoms with Gasteiger partial charge in [0.05, 0.1) is 11.5 Å². The standard InChI is InChI=1S/C15H27N3O4S/c1-3-18(14-5-11-23(21,22)12-14)15(20)4-6-16-7-9-17(10-8-16)13(2)19/h14H,3-12H2,1-2H3. The van der Waals surface area contributed by atoms with Crippen molar-refractivity contribution >= 4 is 21.7 Å². The molecular weight excluding hydrogens is 318 g/mol. The fraction of sp³-hybridized carbons (Fsp3) is 0.867. The summed E-state index contributed by atoms with van der Waals surface area (Å²) in [6.07, 6.45) is 0.962. The van der Waals surface area contributed by atoms with Crippen LogP contribution in [0.5, 0.6) is 0 Å². The number of rotatable bonds is 5. The van der Waals surface area contributed by atoms with Crippen molar-refractivity contribution in [2.45, 2.75) is 32.7 Å². The Balaban J connectivity index is 1.79. The van der Waals surface area contributed by atoms with Crippen molar-refractivity contribution in [1.82, 2.24) is 14.7 Å². The first kappa shape index (κ1) is 18.2. The van der Waals surface area contributed by atoms with Gasteiger partial charge in [0.25, 0.3) is 0 Å². The third-order valence-electron chi connectivity index (χ3n) is 4.77. The molecule has 23 heavy (non-hydrogen) atoms. The van der Waals surface area contributed by atoms with E-state index in [4.69, 9.17) is 0 Å². The lowest BCUT2D eigenvalue weighted by molar-refractivity contribution is -0.134. The summed E-state index contributed by atoms with van der Waals surface area (Å²) in [4.78, 5) is 29.5. The molecule has 0 saturated carbocycles. The lowest BCUT2D eigenvalue weighted by Crippen LogP contribution is -2.49. The highest BCUT2D eigenvalue weighted by Gasteiger charge is 2.33. The van der Waals surface area contributed by atoms with Crippen LogP contribution in [0, 0.1) is 0 Å². The molecule has 7 nitrogen and oxygen atoms in total. The minimum Gasteiger partial charge on any atom is -0.340 e. The van der Waals surface area contributed by atoms with Gasteiger partial charge >= 0.3 is 0 Å². The second-order valence-corrected chi connectivity index (χ2v) is 8.56. The SMILES string of the molecule is CCN(C(=O)CCN1CCN(C(C)=O)CC1)C1CCS(=O)(=O)C1. The van der Waals surface area contributed by atoms with Gasteiger partial charge in [-0.05, 0) is 13.3 Å². The third-order valence-corrected chi connectivity index (χ3v) is 6.52. The Morgan fingerprint density at radius 2 is 1.83 bits per heavy atom. The molecule has 0 N–H and O–H groups in total. The van der Waals surface area contributed by atoms with Crippen LogP contribution in [0.2, 0.25) is 0 Å². The summed E-state index contributed by atoms with van der Waals surface area (Å²) in [5, 5.41) is 0. The van der Waals surface area contributed by atoms with E-state index in [2.05, 4.69) is 4.90 Å². The zero-order valence-electron chi connectivity index (χ0n) is 14.0. The lowest BCUT2D eigenvalue weighted by atomic mass is 10.2. The smallest absolute Gasteiger partial charge is 0.224 e. The molecule has 2 amide bonds. The molecule has 2 heterocycles. The predicted molar refractivity (Wildman–Crippen MR) is 87.8 cm³/mol. The van der Waals surface area contributed by atoms with Crippen molar-refractivity contribution in [3.05, 3.63) is 0 Å². The van der Waals surface area contributed by atoms with Gasteiger partial charge in [-0.25, -0.2) is 8.42 Å². The average Bonchev–Trinajstić information content (AvgIpc) is 2.86. The van der Waals surface area contributed by atoms with E-state index in [0.29, 0.717) is 39.0 Å². The Morgan fingerprint density at radius 1 is 1.17 bits per heavy atom. The molecule has 1 unspecified atom stereocenters. The minimum absolute atomic E-state index is 0.0311. The van der Waals surface area contributed by atoms with E-state index >= 15 is 0 Å². The van der Waals surface area contributed by atoms with E-state index in [1.807, 2.05) is 11.8 Å². The summed E-state index contributed by atoms with van der Waals surface area (Å²) in [5.41, 5.74) is 0. The van der Waals surface area contributed by atoms with E-state index in [9.17, 15) is 18.0 Å². The maximum absolute atomic E-state index is 12.4. The number of piperazine rings is 1. The van der Waals surface area contributed by atoms with E-state index < -0.39 is 9.84 Å². The molecule has 8 heteroatoms. The van der Waals surface area contributed by atoms with E-state index in [-0.39, 0.29) is 29.4 Å². The van der Waals surface area contributed by atoms with Gasteiger partial charge in [-0.15, -0.1) is 0 Å². The fourth-order valence-electron chi connectivity index (χ4n) is 3.34. The van der Waals surface area contributed by atoms with Crippen LogP contribution in [0.15, 0.2) is 0 Å². The van der Waals surface area contributed by atoms with Crippen LogP contribution in [0.1, 0.15) is 26.7 Å². The van der Waals surface area contributed by atoms with Crippen molar-refractivity contribution in [3.63, 3.8) is 0 Å². The van der Waals surface area contributed by atoms with Crippen molar-refractivity contribution in [2.75, 3.05) is 50.8 Å². The van der Waals surface area contributed by atoms with Crippen molar-refractivity contribution in [3.8, 4) is 0 Å². The maximum atomic E-state index is 12.4. The highest BCUT2D eigenvalue weighted by molar-refractivity contribution is 7.91. The molecule has 2 aliphatic rings. The second-order valence-electron chi connectivity index (χ2n) is 6.33. The number of carbonyl (C=O) groups is 2. The van der Waals surface area contributed by atoms with Gasteiger partial charge in [0.15, 0.2) is 9.84 Å². The normalized spacial score (nSPS) is 24.6. The zero-order valence-corrected chi connectivity index (χ0v) is 14.8. The van der Waals surface area contributed by atoms with Gasteiger partial charge in [-0.2, -0.15) is 0 Å². The molecule has 0 radical (unpaired) electrons. The van der Waals surface area contributed by atoms with Crippen molar-refractivity contribution < 1.29 is 18.0 Å². The second kappa shape index (κ2) is 7.61. The highest BCUT2D eigenvalue weighted by atomic mass is 32.2. The van der Waals surface area contributed by atoms with Gasteiger partial charge in [0.2, 0.25) is 11.8 Å². The van der Waals surface area contributed by atoms with Crippen molar-refractivity contribution in [2.24, 2.45) is 0 Å². The molecule has 0 bridgehead atoms. The molecule has 2 rings (SSSR count). The fourth-order valence-corrected chi connectivity index (χ4v) is 5.07. The van der Waals surface area contributed by atoms with Gasteiger partial charge in [-0.1, -0.05) is 0 Å². The Labute approximate surface area is 138 Å². The van der Waals surface area contributed by atoms with Crippen LogP contribution in [0.4, 0.5) is 0 Å². The number of hydrogen-bond acceptors (Lipinski definition) is 5. The number of hydrogen-bond donors (Lipinski definition) is 0.